The maximum atomic E-state index is 13.3. The van der Waals surface area contributed by atoms with Gasteiger partial charge in [-0.1, -0.05) is 16.8 Å². The van der Waals surface area contributed by atoms with Gasteiger partial charge < -0.3 is 0 Å². The van der Waals surface area contributed by atoms with Gasteiger partial charge in [0.05, 0.1) is 22.3 Å². The minimum absolute atomic E-state index is 0.000931. The van der Waals surface area contributed by atoms with Gasteiger partial charge in [0.25, 0.3) is 5.91 Å². The Labute approximate surface area is 143 Å². The molecular formula is C16H14FN3O4S. The Morgan fingerprint density at radius 3 is 2.64 bits per heavy atom. The molecule has 0 unspecified atom stereocenters. The lowest BCUT2D eigenvalue weighted by molar-refractivity contribution is 0.0706. The smallest absolute Gasteiger partial charge is 0.274 e. The largest absolute Gasteiger partial charge is 0.288 e. The number of carbonyl (C=O) groups excluding carboxylic acids is 1. The van der Waals surface area contributed by atoms with Crippen molar-refractivity contribution in [3.63, 3.8) is 0 Å². The van der Waals surface area contributed by atoms with Crippen molar-refractivity contribution in [2.45, 2.75) is 4.90 Å². The van der Waals surface area contributed by atoms with E-state index in [1.54, 1.807) is 12.1 Å². The molecule has 0 radical (unpaired) electrons. The van der Waals surface area contributed by atoms with Gasteiger partial charge in [-0.3, -0.25) is 28.8 Å². The maximum absolute atomic E-state index is 13.3. The SMILES string of the molecule is O=C(NO)c1ccc2ncc(NS(O)(O)c3cccc(F)c3)cc2c1. The fourth-order valence-electron chi connectivity index (χ4n) is 2.26. The molecule has 7 nitrogen and oxygen atoms in total. The van der Waals surface area contributed by atoms with Crippen molar-refractivity contribution in [1.82, 2.24) is 10.5 Å². The molecule has 1 aromatic heterocycles. The van der Waals surface area contributed by atoms with E-state index in [1.807, 2.05) is 0 Å². The lowest BCUT2D eigenvalue weighted by Gasteiger charge is -2.33. The summed E-state index contributed by atoms with van der Waals surface area (Å²) in [6.45, 7) is 0. The Balaban J connectivity index is 1.94. The minimum Gasteiger partial charge on any atom is -0.288 e. The van der Waals surface area contributed by atoms with Crippen LogP contribution < -0.4 is 10.2 Å². The summed E-state index contributed by atoms with van der Waals surface area (Å²) in [5.41, 5.74) is 2.60. The number of benzene rings is 2. The van der Waals surface area contributed by atoms with Gasteiger partial charge in [0.1, 0.15) is 5.82 Å². The Morgan fingerprint density at radius 1 is 1.12 bits per heavy atom. The second kappa shape index (κ2) is 6.65. The van der Waals surface area contributed by atoms with Crippen LogP contribution in [0.15, 0.2) is 59.6 Å². The number of rotatable bonds is 4. The number of hydrogen-bond acceptors (Lipinski definition) is 6. The number of halogens is 1. The molecule has 0 aliphatic heterocycles. The molecule has 9 heteroatoms. The number of pyridine rings is 1. The highest BCUT2D eigenvalue weighted by molar-refractivity contribution is 8.25. The highest BCUT2D eigenvalue weighted by atomic mass is 32.3. The summed E-state index contributed by atoms with van der Waals surface area (Å²) in [6, 6.07) is 11.1. The standard InChI is InChI=1S/C16H14FN3O4S/c17-12-2-1-3-14(8-12)25(23,24)20-13-7-11-6-10(16(21)19-22)4-5-15(11)18-9-13/h1-9,20,22-24H,(H,19,21). The number of nitrogens with one attached hydrogen (secondary N) is 2. The molecule has 130 valence electrons. The molecule has 2 aromatic carbocycles. The van der Waals surface area contributed by atoms with Gasteiger partial charge in [-0.2, -0.15) is 0 Å². The average molecular weight is 363 g/mol. The quantitative estimate of drug-likeness (QED) is 0.357. The number of aromatic nitrogens is 1. The fourth-order valence-corrected chi connectivity index (χ4v) is 3.36. The van der Waals surface area contributed by atoms with E-state index in [0.29, 0.717) is 10.9 Å². The highest BCUT2D eigenvalue weighted by Crippen LogP contribution is 2.47. The molecule has 1 amide bonds. The van der Waals surface area contributed by atoms with Crippen LogP contribution in [-0.2, 0) is 0 Å². The van der Waals surface area contributed by atoms with E-state index in [4.69, 9.17) is 5.21 Å². The highest BCUT2D eigenvalue weighted by Gasteiger charge is 2.17. The lowest BCUT2D eigenvalue weighted by atomic mass is 10.1. The van der Waals surface area contributed by atoms with E-state index in [-0.39, 0.29) is 16.1 Å². The summed E-state index contributed by atoms with van der Waals surface area (Å²) in [4.78, 5) is 15.6. The summed E-state index contributed by atoms with van der Waals surface area (Å²) in [5, 5.41) is 9.24. The molecule has 5 N–H and O–H groups in total. The number of nitrogens with zero attached hydrogens (tertiary/aromatic N) is 1. The van der Waals surface area contributed by atoms with Crippen LogP contribution in [-0.4, -0.2) is 25.2 Å². The first kappa shape index (κ1) is 17.1. The molecule has 0 saturated heterocycles. The van der Waals surface area contributed by atoms with Gasteiger partial charge in [0.15, 0.2) is 0 Å². The molecule has 0 spiro atoms. The Bertz CT molecular complexity index is 952. The third-order valence-corrected chi connectivity index (χ3v) is 4.86. The molecule has 0 aliphatic carbocycles. The van der Waals surface area contributed by atoms with Gasteiger partial charge >= 0.3 is 0 Å². The third kappa shape index (κ3) is 3.69. The molecule has 0 fully saturated rings. The molecule has 0 saturated carbocycles. The molecule has 3 rings (SSSR count). The van der Waals surface area contributed by atoms with Crippen molar-refractivity contribution in [3.8, 4) is 0 Å². The molecule has 25 heavy (non-hydrogen) atoms. The summed E-state index contributed by atoms with van der Waals surface area (Å²) < 4.78 is 36.3. The van der Waals surface area contributed by atoms with Gasteiger partial charge in [0, 0.05) is 10.9 Å². The Hall–Kier alpha value is -2.72. The van der Waals surface area contributed by atoms with Crippen molar-refractivity contribution in [3.05, 3.63) is 66.1 Å². The first-order chi connectivity index (χ1) is 11.9. The lowest BCUT2D eigenvalue weighted by Crippen LogP contribution is -2.18. The van der Waals surface area contributed by atoms with E-state index < -0.39 is 22.5 Å². The predicted octanol–water partition coefficient (Wildman–Crippen LogP) is 3.63. The molecule has 1 heterocycles. The van der Waals surface area contributed by atoms with E-state index in [1.165, 1.54) is 42.0 Å². The zero-order valence-electron chi connectivity index (χ0n) is 12.7. The Morgan fingerprint density at radius 2 is 1.92 bits per heavy atom. The van der Waals surface area contributed by atoms with Crippen LogP contribution in [0.5, 0.6) is 0 Å². The van der Waals surface area contributed by atoms with Crippen LogP contribution in [0.1, 0.15) is 10.4 Å². The molecular weight excluding hydrogens is 349 g/mol. The summed E-state index contributed by atoms with van der Waals surface area (Å²) >= 11 is 0. The maximum Gasteiger partial charge on any atom is 0.274 e. The number of carbonyl (C=O) groups is 1. The van der Waals surface area contributed by atoms with Gasteiger partial charge in [-0.05, 0) is 42.5 Å². The van der Waals surface area contributed by atoms with Crippen LogP contribution >= 0.6 is 10.8 Å². The van der Waals surface area contributed by atoms with Crippen molar-refractivity contribution >= 4 is 33.3 Å². The monoisotopic (exact) mass is 363 g/mol. The number of anilines is 1. The summed E-state index contributed by atoms with van der Waals surface area (Å²) in [6.07, 6.45) is 1.39. The van der Waals surface area contributed by atoms with Crippen molar-refractivity contribution in [1.29, 1.82) is 0 Å². The van der Waals surface area contributed by atoms with E-state index in [2.05, 4.69) is 9.71 Å². The van der Waals surface area contributed by atoms with Gasteiger partial charge in [-0.15, -0.1) is 0 Å². The average Bonchev–Trinajstić information content (AvgIpc) is 2.60. The molecule has 3 aromatic rings. The minimum atomic E-state index is -3.48. The Kier molecular flexibility index (Phi) is 4.55. The number of hydroxylamine groups is 1. The normalized spacial score (nSPS) is 12.0. The van der Waals surface area contributed by atoms with E-state index in [0.717, 1.165) is 6.07 Å². The topological polar surface area (TPSA) is 115 Å². The van der Waals surface area contributed by atoms with Gasteiger partial charge in [-0.25, -0.2) is 9.87 Å². The zero-order valence-corrected chi connectivity index (χ0v) is 13.5. The third-order valence-electron chi connectivity index (χ3n) is 3.43. The van der Waals surface area contributed by atoms with E-state index in [9.17, 15) is 18.3 Å². The molecule has 0 bridgehead atoms. The second-order valence-electron chi connectivity index (χ2n) is 5.18. The van der Waals surface area contributed by atoms with Gasteiger partial charge in [0.2, 0.25) is 0 Å². The summed E-state index contributed by atoms with van der Waals surface area (Å²) in [7, 11) is -3.48. The first-order valence-electron chi connectivity index (χ1n) is 7.05. The van der Waals surface area contributed by atoms with Crippen LogP contribution in [0.3, 0.4) is 0 Å². The van der Waals surface area contributed by atoms with Crippen molar-refractivity contribution in [2.24, 2.45) is 0 Å². The van der Waals surface area contributed by atoms with Crippen LogP contribution in [0.25, 0.3) is 10.9 Å². The van der Waals surface area contributed by atoms with E-state index >= 15 is 0 Å². The second-order valence-corrected chi connectivity index (χ2v) is 6.95. The number of fused-ring (bicyclic) bond motifs is 1. The van der Waals surface area contributed by atoms with Crippen LogP contribution in [0.4, 0.5) is 10.1 Å². The molecule has 0 atom stereocenters. The zero-order chi connectivity index (χ0) is 18.0. The predicted molar refractivity (Wildman–Crippen MR) is 92.1 cm³/mol. The van der Waals surface area contributed by atoms with Crippen molar-refractivity contribution in [2.75, 3.05) is 4.72 Å². The first-order valence-corrected chi connectivity index (χ1v) is 8.59. The fraction of sp³-hybridized carbons (Fsp3) is 0. The number of hydrogen-bond donors (Lipinski definition) is 5. The number of amides is 1. The van der Waals surface area contributed by atoms with Crippen LogP contribution in [0.2, 0.25) is 0 Å². The summed E-state index contributed by atoms with van der Waals surface area (Å²) in [5.74, 6) is -1.26. The van der Waals surface area contributed by atoms with Crippen molar-refractivity contribution < 1.29 is 23.5 Å². The molecule has 0 aliphatic rings. The van der Waals surface area contributed by atoms with Crippen LogP contribution in [0, 0.1) is 5.82 Å².